The molecule has 3 heterocycles. The number of pyridine rings is 1. The molecule has 33 heavy (non-hydrogen) atoms. The highest BCUT2D eigenvalue weighted by atomic mass is 32.1. The van der Waals surface area contributed by atoms with Gasteiger partial charge in [-0.2, -0.15) is 0 Å². The Bertz CT molecular complexity index is 1670. The van der Waals surface area contributed by atoms with Crippen LogP contribution in [0.15, 0.2) is 97.7 Å². The van der Waals surface area contributed by atoms with Crippen LogP contribution in [0, 0.1) is 0 Å². The largest absolute Gasteiger partial charge is 0.309 e. The van der Waals surface area contributed by atoms with E-state index in [1.807, 2.05) is 35.7 Å². The van der Waals surface area contributed by atoms with E-state index in [1.165, 1.54) is 36.6 Å². The Hall–Kier alpha value is -3.95. The average molecular weight is 443 g/mol. The molecule has 3 aromatic heterocycles. The Morgan fingerprint density at radius 3 is 2.48 bits per heavy atom. The molecule has 158 valence electrons. The molecule has 0 atom stereocenters. The zero-order valence-electron chi connectivity index (χ0n) is 18.3. The lowest BCUT2D eigenvalue weighted by Gasteiger charge is -2.10. The number of benzene rings is 3. The Kier molecular flexibility index (Phi) is 4.70. The fourth-order valence-electron chi connectivity index (χ4n) is 4.81. The average Bonchev–Trinajstić information content (AvgIpc) is 3.40. The van der Waals surface area contributed by atoms with Crippen LogP contribution in [0.1, 0.15) is 18.2 Å². The molecule has 0 aliphatic rings. The topological polar surface area (TPSA) is 17.8 Å². The third kappa shape index (κ3) is 2.97. The van der Waals surface area contributed by atoms with Crippen LogP contribution in [-0.4, -0.2) is 9.55 Å². The normalized spacial score (nSPS) is 11.8. The highest BCUT2D eigenvalue weighted by molar-refractivity contribution is 7.26. The minimum atomic E-state index is 1.01. The van der Waals surface area contributed by atoms with Gasteiger partial charge in [-0.1, -0.05) is 67.3 Å². The summed E-state index contributed by atoms with van der Waals surface area (Å²) in [5.41, 5.74) is 6.88. The molecule has 0 aliphatic carbocycles. The fraction of sp³-hybridized carbons (Fsp3) is 0.0333. The first kappa shape index (κ1) is 19.7. The first-order valence-electron chi connectivity index (χ1n) is 11.1. The quantitative estimate of drug-likeness (QED) is 0.267. The number of rotatable bonds is 4. The maximum atomic E-state index is 4.63. The number of para-hydroxylation sites is 1. The summed E-state index contributed by atoms with van der Waals surface area (Å²) in [4.78, 5) is 4.63. The van der Waals surface area contributed by atoms with Gasteiger partial charge in [0.25, 0.3) is 0 Å². The molecule has 0 spiro atoms. The Balaban J connectivity index is 1.82. The van der Waals surface area contributed by atoms with Crippen LogP contribution >= 0.6 is 11.3 Å². The van der Waals surface area contributed by atoms with Crippen LogP contribution in [0.2, 0.25) is 0 Å². The molecule has 2 nitrogen and oxygen atoms in total. The predicted octanol–water partition coefficient (Wildman–Crippen LogP) is 8.74. The van der Waals surface area contributed by atoms with Crippen molar-refractivity contribution in [3.8, 4) is 16.9 Å². The molecule has 0 amide bonds. The van der Waals surface area contributed by atoms with Crippen LogP contribution in [0.25, 0.3) is 60.2 Å². The van der Waals surface area contributed by atoms with Gasteiger partial charge in [0.1, 0.15) is 0 Å². The van der Waals surface area contributed by atoms with Crippen molar-refractivity contribution in [1.29, 1.82) is 0 Å². The van der Waals surface area contributed by atoms with Gasteiger partial charge in [-0.25, -0.2) is 0 Å². The SMILES string of the molecule is C=Cc1c(/C=C\C)n(-c2ccccc2)c2c1ccc1sc3c(-c4ccccn4)cccc3c12. The van der Waals surface area contributed by atoms with Crippen LogP contribution in [0.5, 0.6) is 0 Å². The molecular formula is C30H22N2S. The van der Waals surface area contributed by atoms with E-state index in [1.54, 1.807) is 0 Å². The molecular weight excluding hydrogens is 420 g/mol. The summed E-state index contributed by atoms with van der Waals surface area (Å²) < 4.78 is 4.93. The number of fused-ring (bicyclic) bond motifs is 5. The van der Waals surface area contributed by atoms with Crippen LogP contribution in [-0.2, 0) is 0 Å². The third-order valence-corrected chi connectivity index (χ3v) is 7.35. The van der Waals surface area contributed by atoms with Crippen LogP contribution in [0.4, 0.5) is 0 Å². The van der Waals surface area contributed by atoms with Gasteiger partial charge in [-0.3, -0.25) is 4.98 Å². The zero-order chi connectivity index (χ0) is 22.4. The summed E-state index contributed by atoms with van der Waals surface area (Å²) >= 11 is 1.84. The summed E-state index contributed by atoms with van der Waals surface area (Å²) in [7, 11) is 0. The first-order chi connectivity index (χ1) is 16.3. The first-order valence-corrected chi connectivity index (χ1v) is 11.9. The fourth-order valence-corrected chi connectivity index (χ4v) is 6.03. The van der Waals surface area contributed by atoms with Gasteiger partial charge in [0.15, 0.2) is 0 Å². The van der Waals surface area contributed by atoms with Gasteiger partial charge < -0.3 is 4.57 Å². The molecule has 0 aliphatic heterocycles. The Morgan fingerprint density at radius 2 is 1.73 bits per heavy atom. The Morgan fingerprint density at radius 1 is 0.879 bits per heavy atom. The second-order valence-electron chi connectivity index (χ2n) is 8.01. The lowest BCUT2D eigenvalue weighted by molar-refractivity contribution is 1.11. The van der Waals surface area contributed by atoms with Gasteiger partial charge in [0.05, 0.1) is 16.9 Å². The van der Waals surface area contributed by atoms with Crippen LogP contribution < -0.4 is 0 Å². The van der Waals surface area contributed by atoms with Crippen LogP contribution in [0.3, 0.4) is 0 Å². The van der Waals surface area contributed by atoms with Crippen molar-refractivity contribution in [1.82, 2.24) is 9.55 Å². The minimum Gasteiger partial charge on any atom is -0.309 e. The van der Waals surface area contributed by atoms with Gasteiger partial charge in [0.2, 0.25) is 0 Å². The summed E-state index contributed by atoms with van der Waals surface area (Å²) in [6, 6.07) is 27.8. The minimum absolute atomic E-state index is 1.01. The number of allylic oxidation sites excluding steroid dienone is 1. The molecule has 6 aromatic rings. The van der Waals surface area contributed by atoms with E-state index in [2.05, 4.69) is 102 Å². The van der Waals surface area contributed by atoms with E-state index in [0.29, 0.717) is 0 Å². The second kappa shape index (κ2) is 7.88. The number of hydrogen-bond acceptors (Lipinski definition) is 2. The lowest BCUT2D eigenvalue weighted by atomic mass is 10.0. The highest BCUT2D eigenvalue weighted by Gasteiger charge is 2.20. The van der Waals surface area contributed by atoms with E-state index in [9.17, 15) is 0 Å². The molecule has 6 rings (SSSR count). The molecule has 3 heteroatoms. The predicted molar refractivity (Wildman–Crippen MR) is 144 cm³/mol. The van der Waals surface area contributed by atoms with E-state index >= 15 is 0 Å². The van der Waals surface area contributed by atoms with E-state index in [4.69, 9.17) is 0 Å². The Labute approximate surface area is 196 Å². The van der Waals surface area contributed by atoms with Crippen molar-refractivity contribution in [3.63, 3.8) is 0 Å². The summed E-state index contributed by atoms with van der Waals surface area (Å²) in [5, 5.41) is 3.77. The number of hydrogen-bond donors (Lipinski definition) is 0. The molecule has 0 saturated heterocycles. The van der Waals surface area contributed by atoms with Crippen molar-refractivity contribution < 1.29 is 0 Å². The van der Waals surface area contributed by atoms with Crippen molar-refractivity contribution in [2.24, 2.45) is 0 Å². The highest BCUT2D eigenvalue weighted by Crippen LogP contribution is 2.45. The number of thiophene rings is 1. The second-order valence-corrected chi connectivity index (χ2v) is 9.06. The maximum Gasteiger partial charge on any atom is 0.0716 e. The molecule has 0 N–H and O–H groups in total. The molecule has 0 fully saturated rings. The van der Waals surface area contributed by atoms with Crippen molar-refractivity contribution in [3.05, 3.63) is 109 Å². The summed E-state index contributed by atoms with van der Waals surface area (Å²) in [6.07, 6.45) is 8.13. The van der Waals surface area contributed by atoms with Gasteiger partial charge >= 0.3 is 0 Å². The van der Waals surface area contributed by atoms with Gasteiger partial charge in [-0.05, 0) is 43.3 Å². The van der Waals surface area contributed by atoms with Gasteiger partial charge in [0, 0.05) is 48.6 Å². The molecule has 0 unspecified atom stereocenters. The molecule has 3 aromatic carbocycles. The standard InChI is InChI=1S/C30H22N2S/c1-3-11-26-21(4-2)22-17-18-27-28(29(22)32(26)20-12-6-5-7-13-20)24-15-10-14-23(30(24)33-27)25-16-8-9-19-31-25/h3-19H,2H2,1H3/b11-3-. The monoisotopic (exact) mass is 442 g/mol. The number of aromatic nitrogens is 2. The third-order valence-electron chi connectivity index (χ3n) is 6.15. The summed E-state index contributed by atoms with van der Waals surface area (Å²) in [5.74, 6) is 0. The zero-order valence-corrected chi connectivity index (χ0v) is 19.1. The summed E-state index contributed by atoms with van der Waals surface area (Å²) in [6.45, 7) is 6.23. The van der Waals surface area contributed by atoms with Crippen molar-refractivity contribution >= 4 is 54.6 Å². The smallest absolute Gasteiger partial charge is 0.0716 e. The van der Waals surface area contributed by atoms with Gasteiger partial charge in [-0.15, -0.1) is 11.3 Å². The maximum absolute atomic E-state index is 4.63. The lowest BCUT2D eigenvalue weighted by Crippen LogP contribution is -1.97. The van der Waals surface area contributed by atoms with Crippen molar-refractivity contribution in [2.75, 3.05) is 0 Å². The molecule has 0 radical (unpaired) electrons. The molecule has 0 bridgehead atoms. The molecule has 0 saturated carbocycles. The van der Waals surface area contributed by atoms with Crippen molar-refractivity contribution in [2.45, 2.75) is 6.92 Å². The van der Waals surface area contributed by atoms with E-state index in [-0.39, 0.29) is 0 Å². The number of nitrogens with zero attached hydrogens (tertiary/aromatic N) is 2. The van der Waals surface area contributed by atoms with E-state index < -0.39 is 0 Å². The van der Waals surface area contributed by atoms with E-state index in [0.717, 1.165) is 22.6 Å².